The van der Waals surface area contributed by atoms with Gasteiger partial charge in [0.1, 0.15) is 12.3 Å². The van der Waals surface area contributed by atoms with Crippen molar-refractivity contribution in [2.24, 2.45) is 10.2 Å². The number of anilines is 1. The van der Waals surface area contributed by atoms with Crippen molar-refractivity contribution in [1.82, 2.24) is 0 Å². The Morgan fingerprint density at radius 1 is 1.08 bits per heavy atom. The molecule has 0 bridgehead atoms. The molecule has 0 fully saturated rings. The highest BCUT2D eigenvalue weighted by Crippen LogP contribution is 2.43. The van der Waals surface area contributed by atoms with E-state index in [2.05, 4.69) is 10.2 Å². The lowest BCUT2D eigenvalue weighted by Gasteiger charge is -2.23. The lowest BCUT2D eigenvalue weighted by Crippen LogP contribution is -2.29. The molecule has 0 spiro atoms. The number of non-ortho nitro benzene ring substituents is 1. The largest absolute Gasteiger partial charge is 0.460 e. The Bertz CT molecular complexity index is 1360. The number of nitrogens with zero attached hydrogens (tertiary/aromatic N) is 5. The number of azo groups is 1. The molecule has 0 N–H and O–H groups in total. The predicted octanol–water partition coefficient (Wildman–Crippen LogP) is 7.26. The molecule has 0 saturated carbocycles. The minimum absolute atomic E-state index is 0.0550. The van der Waals surface area contributed by atoms with Crippen molar-refractivity contribution >= 4 is 40.3 Å². The van der Waals surface area contributed by atoms with Gasteiger partial charge in [-0.05, 0) is 36.4 Å². The number of ether oxygens (including phenoxy) is 1. The topological polar surface area (TPSA) is 121 Å². The maximum Gasteiger partial charge on any atom is 0.418 e. The van der Waals surface area contributed by atoms with E-state index in [0.29, 0.717) is 23.9 Å². The van der Waals surface area contributed by atoms with Crippen molar-refractivity contribution in [3.8, 4) is 6.07 Å². The third kappa shape index (κ3) is 7.50. The fourth-order valence-electron chi connectivity index (χ4n) is 3.31. The molecule has 0 unspecified atom stereocenters. The summed E-state index contributed by atoms with van der Waals surface area (Å²) in [7, 11) is 0. The van der Waals surface area contributed by atoms with Crippen LogP contribution >= 0.6 is 11.6 Å². The Morgan fingerprint density at radius 3 is 2.37 bits per heavy atom. The number of nitro groups is 1. The standard InChI is InChI=1S/C25H19ClF3N5O4/c26-22-16-20(34(36)37)15-21(25(27,28)29)23(22)32-31-18-7-9-19(10-8-18)33(12-4-11-30)13-14-38-24(35)17-5-2-1-3-6-17/h1-3,5-10,15-16H,4,12-14H2. The fourth-order valence-corrected chi connectivity index (χ4v) is 3.56. The number of alkyl halides is 3. The van der Waals surface area contributed by atoms with Gasteiger partial charge >= 0.3 is 12.1 Å². The second kappa shape index (κ2) is 12.6. The molecule has 3 aromatic carbocycles. The van der Waals surface area contributed by atoms with E-state index < -0.39 is 39.0 Å². The molecule has 9 nitrogen and oxygen atoms in total. The molecule has 0 saturated heterocycles. The van der Waals surface area contributed by atoms with Gasteiger partial charge in [0.2, 0.25) is 0 Å². The van der Waals surface area contributed by atoms with E-state index in [9.17, 15) is 28.1 Å². The summed E-state index contributed by atoms with van der Waals surface area (Å²) in [5, 5.41) is 26.7. The van der Waals surface area contributed by atoms with Gasteiger partial charge in [0.05, 0.1) is 45.8 Å². The van der Waals surface area contributed by atoms with Gasteiger partial charge in [-0.2, -0.15) is 23.5 Å². The van der Waals surface area contributed by atoms with Crippen LogP contribution in [0.5, 0.6) is 0 Å². The lowest BCUT2D eigenvalue weighted by molar-refractivity contribution is -0.385. The first-order valence-electron chi connectivity index (χ1n) is 11.0. The van der Waals surface area contributed by atoms with Gasteiger partial charge in [0.25, 0.3) is 5.69 Å². The molecule has 0 aliphatic rings. The van der Waals surface area contributed by atoms with Crippen LogP contribution in [0.15, 0.2) is 77.0 Å². The molecule has 38 heavy (non-hydrogen) atoms. The Balaban J connectivity index is 1.74. The Kier molecular flexibility index (Phi) is 9.34. The molecule has 3 aromatic rings. The molecule has 0 atom stereocenters. The fraction of sp³-hybridized carbons (Fsp3) is 0.200. The van der Waals surface area contributed by atoms with Crippen LogP contribution in [0.4, 0.5) is 35.9 Å². The van der Waals surface area contributed by atoms with Crippen LogP contribution < -0.4 is 4.90 Å². The van der Waals surface area contributed by atoms with E-state index in [1.165, 1.54) is 12.1 Å². The highest BCUT2D eigenvalue weighted by Gasteiger charge is 2.37. The summed E-state index contributed by atoms with van der Waals surface area (Å²) in [5.41, 5.74) is -1.70. The summed E-state index contributed by atoms with van der Waals surface area (Å²) in [5.74, 6) is -0.482. The van der Waals surface area contributed by atoms with E-state index >= 15 is 0 Å². The first-order chi connectivity index (χ1) is 18.1. The van der Waals surface area contributed by atoms with Gasteiger partial charge in [0.15, 0.2) is 0 Å². The molecule has 3 rings (SSSR count). The summed E-state index contributed by atoms with van der Waals surface area (Å²) in [6.45, 7) is 0.682. The van der Waals surface area contributed by atoms with E-state index in [4.69, 9.17) is 21.6 Å². The van der Waals surface area contributed by atoms with Gasteiger partial charge in [-0.25, -0.2) is 4.79 Å². The maximum atomic E-state index is 13.4. The van der Waals surface area contributed by atoms with E-state index in [-0.39, 0.29) is 25.3 Å². The van der Waals surface area contributed by atoms with Crippen LogP contribution in [0.2, 0.25) is 5.02 Å². The summed E-state index contributed by atoms with van der Waals surface area (Å²) in [6, 6.07) is 17.8. The lowest BCUT2D eigenvalue weighted by atomic mass is 10.1. The molecule has 0 radical (unpaired) electrons. The normalized spacial score (nSPS) is 11.2. The number of carbonyl (C=O) groups excluding carboxylic acids is 1. The predicted molar refractivity (Wildman–Crippen MR) is 133 cm³/mol. The van der Waals surface area contributed by atoms with Crippen LogP contribution in [-0.2, 0) is 10.9 Å². The molecule has 196 valence electrons. The third-order valence-electron chi connectivity index (χ3n) is 5.14. The Labute approximate surface area is 219 Å². The number of benzene rings is 3. The average molecular weight is 546 g/mol. The molecular formula is C25H19ClF3N5O4. The number of hydrogen-bond acceptors (Lipinski definition) is 8. The van der Waals surface area contributed by atoms with E-state index in [0.717, 1.165) is 6.07 Å². The number of rotatable bonds is 10. The number of nitriles is 1. The molecule has 13 heteroatoms. The number of esters is 1. The zero-order valence-electron chi connectivity index (χ0n) is 19.6. The van der Waals surface area contributed by atoms with Gasteiger partial charge in [0, 0.05) is 24.4 Å². The highest BCUT2D eigenvalue weighted by atomic mass is 35.5. The van der Waals surface area contributed by atoms with E-state index in [1.807, 2.05) is 6.07 Å². The van der Waals surface area contributed by atoms with Gasteiger partial charge < -0.3 is 9.64 Å². The first-order valence-corrected chi connectivity index (χ1v) is 11.4. The first kappa shape index (κ1) is 28.1. The van der Waals surface area contributed by atoms with Gasteiger partial charge in [-0.15, -0.1) is 5.11 Å². The monoisotopic (exact) mass is 545 g/mol. The van der Waals surface area contributed by atoms with Crippen molar-refractivity contribution in [3.05, 3.63) is 93.0 Å². The highest BCUT2D eigenvalue weighted by molar-refractivity contribution is 6.33. The SMILES string of the molecule is N#CCCN(CCOC(=O)c1ccccc1)c1ccc(N=Nc2c(Cl)cc([N+](=O)[O-])cc2C(F)(F)F)cc1. The average Bonchev–Trinajstić information content (AvgIpc) is 2.89. The second-order valence-electron chi connectivity index (χ2n) is 7.69. The number of carbonyl (C=O) groups is 1. The van der Waals surface area contributed by atoms with Crippen LogP contribution in [-0.4, -0.2) is 30.6 Å². The van der Waals surface area contributed by atoms with E-state index in [1.54, 1.807) is 47.4 Å². The van der Waals surface area contributed by atoms with Gasteiger partial charge in [-0.1, -0.05) is 29.8 Å². The molecule has 0 aliphatic carbocycles. The molecule has 0 aliphatic heterocycles. The number of halogens is 4. The van der Waals surface area contributed by atoms with Crippen molar-refractivity contribution < 1.29 is 27.6 Å². The second-order valence-corrected chi connectivity index (χ2v) is 8.10. The smallest absolute Gasteiger partial charge is 0.418 e. The third-order valence-corrected chi connectivity index (χ3v) is 5.43. The Hall–Kier alpha value is -4.50. The summed E-state index contributed by atoms with van der Waals surface area (Å²) >= 11 is 5.85. The molecule has 0 aromatic heterocycles. The number of hydrogen-bond donors (Lipinski definition) is 0. The Morgan fingerprint density at radius 2 is 1.76 bits per heavy atom. The van der Waals surface area contributed by atoms with Crippen LogP contribution in [0, 0.1) is 21.4 Å². The van der Waals surface area contributed by atoms with Crippen molar-refractivity contribution in [3.63, 3.8) is 0 Å². The maximum absolute atomic E-state index is 13.4. The molecule has 0 amide bonds. The van der Waals surface area contributed by atoms with Crippen LogP contribution in [0.25, 0.3) is 0 Å². The van der Waals surface area contributed by atoms with Crippen LogP contribution in [0.1, 0.15) is 22.3 Å². The van der Waals surface area contributed by atoms with Crippen molar-refractivity contribution in [2.75, 3.05) is 24.6 Å². The van der Waals surface area contributed by atoms with Gasteiger partial charge in [-0.3, -0.25) is 10.1 Å². The minimum atomic E-state index is -4.95. The zero-order valence-corrected chi connectivity index (χ0v) is 20.3. The quantitative estimate of drug-likeness (QED) is 0.114. The zero-order chi connectivity index (χ0) is 27.7. The van der Waals surface area contributed by atoms with Crippen molar-refractivity contribution in [2.45, 2.75) is 12.6 Å². The van der Waals surface area contributed by atoms with Crippen molar-refractivity contribution in [1.29, 1.82) is 5.26 Å². The molecular weight excluding hydrogens is 527 g/mol. The summed E-state index contributed by atoms with van der Waals surface area (Å²) in [6.07, 6.45) is -4.74. The minimum Gasteiger partial charge on any atom is -0.460 e. The number of nitro benzene ring substituents is 1. The summed E-state index contributed by atoms with van der Waals surface area (Å²) in [4.78, 5) is 23.9. The van der Waals surface area contributed by atoms with Crippen LogP contribution in [0.3, 0.4) is 0 Å². The molecule has 0 heterocycles. The summed E-state index contributed by atoms with van der Waals surface area (Å²) < 4.78 is 45.6.